The zero-order valence-corrected chi connectivity index (χ0v) is 16.0. The summed E-state index contributed by atoms with van der Waals surface area (Å²) >= 11 is 0. The smallest absolute Gasteiger partial charge is 0.243 e. The fourth-order valence-corrected chi connectivity index (χ4v) is 3.22. The summed E-state index contributed by atoms with van der Waals surface area (Å²) in [5.41, 5.74) is 1.86. The van der Waals surface area contributed by atoms with E-state index in [4.69, 9.17) is 0 Å². The number of sulfone groups is 1. The van der Waals surface area contributed by atoms with E-state index in [1.54, 1.807) is 0 Å². The minimum atomic E-state index is -3.24. The molecule has 1 atom stereocenters. The highest BCUT2D eigenvalue weighted by atomic mass is 32.2. The molecule has 8 heteroatoms. The summed E-state index contributed by atoms with van der Waals surface area (Å²) in [6.07, 6.45) is 3.05. The van der Waals surface area contributed by atoms with E-state index in [-0.39, 0.29) is 24.1 Å². The molecule has 3 N–H and O–H groups in total. The number of aromatic nitrogens is 1. The standard InChI is InChI=1S/C18H25N3O4S/c1-12(2)20-18(23)16(21-17(22)8-9-26(3,24)25)10-13-11-19-15-7-5-4-6-14(13)15/h4-7,11-12,16,19H,8-10H2,1-3H3,(H,20,23)(H,21,22). The van der Waals surface area contributed by atoms with Gasteiger partial charge in [0.1, 0.15) is 15.9 Å². The van der Waals surface area contributed by atoms with E-state index in [1.807, 2.05) is 44.3 Å². The number of carbonyl (C=O) groups excluding carboxylic acids is 2. The van der Waals surface area contributed by atoms with Crippen LogP contribution >= 0.6 is 0 Å². The van der Waals surface area contributed by atoms with Crippen molar-refractivity contribution in [2.75, 3.05) is 12.0 Å². The fraction of sp³-hybridized carbons (Fsp3) is 0.444. The third-order valence-electron chi connectivity index (χ3n) is 3.88. The molecule has 0 fully saturated rings. The Hall–Kier alpha value is -2.35. The van der Waals surface area contributed by atoms with Gasteiger partial charge in [-0.05, 0) is 25.5 Å². The second kappa shape index (κ2) is 8.35. The summed E-state index contributed by atoms with van der Waals surface area (Å²) in [4.78, 5) is 27.8. The Morgan fingerprint density at radius 2 is 1.85 bits per heavy atom. The van der Waals surface area contributed by atoms with Crippen LogP contribution in [0.3, 0.4) is 0 Å². The molecule has 0 spiro atoms. The maximum atomic E-state index is 12.5. The van der Waals surface area contributed by atoms with E-state index >= 15 is 0 Å². The highest BCUT2D eigenvalue weighted by Gasteiger charge is 2.23. The van der Waals surface area contributed by atoms with Gasteiger partial charge in [0.25, 0.3) is 0 Å². The van der Waals surface area contributed by atoms with Crippen molar-refractivity contribution in [3.63, 3.8) is 0 Å². The molecule has 0 aliphatic rings. The fourth-order valence-electron chi connectivity index (χ4n) is 2.66. The average molecular weight is 379 g/mol. The predicted octanol–water partition coefficient (Wildman–Crippen LogP) is 1.15. The van der Waals surface area contributed by atoms with Gasteiger partial charge in [0.05, 0.1) is 5.75 Å². The van der Waals surface area contributed by atoms with Crippen molar-refractivity contribution >= 4 is 32.6 Å². The largest absolute Gasteiger partial charge is 0.361 e. The molecule has 0 saturated heterocycles. The SMILES string of the molecule is CC(C)NC(=O)C(Cc1c[nH]c2ccccc12)NC(=O)CCS(C)(=O)=O. The molecule has 2 amide bonds. The van der Waals surface area contributed by atoms with E-state index in [0.717, 1.165) is 22.7 Å². The molecule has 2 aromatic rings. The van der Waals surface area contributed by atoms with E-state index < -0.39 is 21.8 Å². The number of para-hydroxylation sites is 1. The van der Waals surface area contributed by atoms with Gasteiger partial charge in [-0.1, -0.05) is 18.2 Å². The Morgan fingerprint density at radius 3 is 2.50 bits per heavy atom. The first-order valence-corrected chi connectivity index (χ1v) is 10.5. The van der Waals surface area contributed by atoms with Crippen LogP contribution in [0.5, 0.6) is 0 Å². The molecule has 0 saturated carbocycles. The summed E-state index contributed by atoms with van der Waals surface area (Å²) in [6.45, 7) is 3.68. The van der Waals surface area contributed by atoms with E-state index in [1.165, 1.54) is 0 Å². The van der Waals surface area contributed by atoms with E-state index in [2.05, 4.69) is 15.6 Å². The van der Waals surface area contributed by atoms with Gasteiger partial charge in [-0.3, -0.25) is 9.59 Å². The van der Waals surface area contributed by atoms with Gasteiger partial charge in [-0.2, -0.15) is 0 Å². The Labute approximate surface area is 153 Å². The zero-order chi connectivity index (χ0) is 19.3. The second-order valence-corrected chi connectivity index (χ2v) is 8.99. The normalized spacial score (nSPS) is 12.9. The molecule has 0 aliphatic carbocycles. The van der Waals surface area contributed by atoms with Crippen molar-refractivity contribution < 1.29 is 18.0 Å². The van der Waals surface area contributed by atoms with Crippen LogP contribution in [0.4, 0.5) is 0 Å². The van der Waals surface area contributed by atoms with Crippen molar-refractivity contribution in [2.24, 2.45) is 0 Å². The Balaban J connectivity index is 2.15. The summed E-state index contributed by atoms with van der Waals surface area (Å²) in [6, 6.07) is 6.87. The number of hydrogen-bond donors (Lipinski definition) is 3. The average Bonchev–Trinajstić information content (AvgIpc) is 2.94. The minimum Gasteiger partial charge on any atom is -0.361 e. The number of rotatable bonds is 8. The highest BCUT2D eigenvalue weighted by molar-refractivity contribution is 7.90. The molecule has 26 heavy (non-hydrogen) atoms. The van der Waals surface area contributed by atoms with Crippen molar-refractivity contribution in [2.45, 2.75) is 38.8 Å². The first kappa shape index (κ1) is 20.0. The van der Waals surface area contributed by atoms with Crippen LogP contribution in [0.1, 0.15) is 25.8 Å². The maximum absolute atomic E-state index is 12.5. The summed E-state index contributed by atoms with van der Waals surface area (Å²) in [5, 5.41) is 6.45. The lowest BCUT2D eigenvalue weighted by atomic mass is 10.0. The molecule has 142 valence electrons. The molecule has 1 aromatic carbocycles. The van der Waals surface area contributed by atoms with Gasteiger partial charge in [0.15, 0.2) is 0 Å². The van der Waals surface area contributed by atoms with Crippen LogP contribution in [0.25, 0.3) is 10.9 Å². The van der Waals surface area contributed by atoms with Gasteiger partial charge < -0.3 is 15.6 Å². The first-order chi connectivity index (χ1) is 12.2. The Kier molecular flexibility index (Phi) is 6.42. The van der Waals surface area contributed by atoms with Crippen molar-refractivity contribution in [3.8, 4) is 0 Å². The van der Waals surface area contributed by atoms with Gasteiger partial charge in [-0.15, -0.1) is 0 Å². The quantitative estimate of drug-likeness (QED) is 0.639. The minimum absolute atomic E-state index is 0.0686. The zero-order valence-electron chi connectivity index (χ0n) is 15.2. The number of amides is 2. The number of hydrogen-bond acceptors (Lipinski definition) is 4. The van der Waals surface area contributed by atoms with Gasteiger partial charge in [-0.25, -0.2) is 8.42 Å². The monoisotopic (exact) mass is 379 g/mol. The Morgan fingerprint density at radius 1 is 1.15 bits per heavy atom. The number of aromatic amines is 1. The van der Waals surface area contributed by atoms with E-state index in [9.17, 15) is 18.0 Å². The van der Waals surface area contributed by atoms with Gasteiger partial charge in [0.2, 0.25) is 11.8 Å². The van der Waals surface area contributed by atoms with Crippen LogP contribution < -0.4 is 10.6 Å². The number of nitrogens with one attached hydrogen (secondary N) is 3. The third kappa shape index (κ3) is 5.87. The van der Waals surface area contributed by atoms with Gasteiger partial charge >= 0.3 is 0 Å². The topological polar surface area (TPSA) is 108 Å². The maximum Gasteiger partial charge on any atom is 0.243 e. The van der Waals surface area contributed by atoms with Crippen molar-refractivity contribution in [3.05, 3.63) is 36.0 Å². The van der Waals surface area contributed by atoms with Crippen LogP contribution in [0.2, 0.25) is 0 Å². The van der Waals surface area contributed by atoms with Crippen molar-refractivity contribution in [1.29, 1.82) is 0 Å². The molecule has 0 aliphatic heterocycles. The molecule has 2 rings (SSSR count). The molecule has 1 aromatic heterocycles. The van der Waals surface area contributed by atoms with Gasteiger partial charge in [0, 0.05) is 42.2 Å². The lowest BCUT2D eigenvalue weighted by Crippen LogP contribution is -2.49. The van der Waals surface area contributed by atoms with Crippen LogP contribution in [0, 0.1) is 0 Å². The van der Waals surface area contributed by atoms with E-state index in [0.29, 0.717) is 6.42 Å². The summed E-state index contributed by atoms with van der Waals surface area (Å²) in [5.74, 6) is -0.998. The van der Waals surface area contributed by atoms with Crippen LogP contribution in [-0.4, -0.2) is 49.3 Å². The number of carbonyl (C=O) groups is 2. The van der Waals surface area contributed by atoms with Crippen molar-refractivity contribution in [1.82, 2.24) is 15.6 Å². The number of benzene rings is 1. The summed E-state index contributed by atoms with van der Waals surface area (Å²) < 4.78 is 22.5. The first-order valence-electron chi connectivity index (χ1n) is 8.48. The molecule has 1 unspecified atom stereocenters. The number of H-pyrrole nitrogens is 1. The molecule has 0 bridgehead atoms. The molecule has 0 radical (unpaired) electrons. The second-order valence-electron chi connectivity index (χ2n) is 6.73. The highest BCUT2D eigenvalue weighted by Crippen LogP contribution is 2.19. The predicted molar refractivity (Wildman–Crippen MR) is 102 cm³/mol. The Bertz CT molecular complexity index is 887. The number of fused-ring (bicyclic) bond motifs is 1. The lowest BCUT2D eigenvalue weighted by Gasteiger charge is -2.20. The van der Waals surface area contributed by atoms with Crippen LogP contribution in [0.15, 0.2) is 30.5 Å². The third-order valence-corrected chi connectivity index (χ3v) is 4.83. The molecular weight excluding hydrogens is 354 g/mol. The lowest BCUT2D eigenvalue weighted by molar-refractivity contribution is -0.129. The molecule has 7 nitrogen and oxygen atoms in total. The molecular formula is C18H25N3O4S. The van der Waals surface area contributed by atoms with Crippen LogP contribution in [-0.2, 0) is 25.8 Å². The molecule has 1 heterocycles. The summed E-state index contributed by atoms with van der Waals surface area (Å²) in [7, 11) is -3.24.